The lowest BCUT2D eigenvalue weighted by atomic mass is 9.93. The molecule has 1 aromatic heterocycles. The van der Waals surface area contributed by atoms with Crippen molar-refractivity contribution in [3.8, 4) is 0 Å². The number of nitrogens with one attached hydrogen (secondary N) is 1. The van der Waals surface area contributed by atoms with Crippen LogP contribution in [0.25, 0.3) is 0 Å². The van der Waals surface area contributed by atoms with Crippen molar-refractivity contribution in [2.24, 2.45) is 5.73 Å². The van der Waals surface area contributed by atoms with Gasteiger partial charge in [0.2, 0.25) is 10.0 Å². The molecule has 0 radical (unpaired) electrons. The van der Waals surface area contributed by atoms with Gasteiger partial charge in [-0.3, -0.25) is 0 Å². The van der Waals surface area contributed by atoms with Gasteiger partial charge in [-0.15, -0.1) is 0 Å². The van der Waals surface area contributed by atoms with Crippen molar-refractivity contribution >= 4 is 15.8 Å². The zero-order valence-corrected chi connectivity index (χ0v) is 13.4. The van der Waals surface area contributed by atoms with Gasteiger partial charge in [0.05, 0.1) is 5.54 Å². The quantitative estimate of drug-likeness (QED) is 0.791. The van der Waals surface area contributed by atoms with Crippen LogP contribution in [0.15, 0.2) is 23.2 Å². The summed E-state index contributed by atoms with van der Waals surface area (Å²) in [5, 5.41) is 3.30. The Labute approximate surface area is 121 Å². The predicted molar refractivity (Wildman–Crippen MR) is 81.1 cm³/mol. The Morgan fingerprint density at radius 1 is 1.30 bits per heavy atom. The fourth-order valence-electron chi connectivity index (χ4n) is 1.86. The lowest BCUT2D eigenvalue weighted by Gasteiger charge is -2.32. The SMILES string of the molecule is CCC(CC)(CN)Nc1ccc(S(=O)(=O)N(C)C)cn1. The van der Waals surface area contributed by atoms with Crippen molar-refractivity contribution in [2.75, 3.05) is 26.0 Å². The summed E-state index contributed by atoms with van der Waals surface area (Å²) in [6, 6.07) is 3.23. The van der Waals surface area contributed by atoms with Crippen LogP contribution in [0.1, 0.15) is 26.7 Å². The van der Waals surface area contributed by atoms with Crippen LogP contribution in [-0.2, 0) is 10.0 Å². The first-order valence-corrected chi connectivity index (χ1v) is 8.12. The van der Waals surface area contributed by atoms with Crippen LogP contribution in [0.2, 0.25) is 0 Å². The van der Waals surface area contributed by atoms with Crippen LogP contribution >= 0.6 is 0 Å². The second kappa shape index (κ2) is 6.51. The summed E-state index contributed by atoms with van der Waals surface area (Å²) < 4.78 is 25.1. The molecule has 7 heteroatoms. The number of pyridine rings is 1. The van der Waals surface area contributed by atoms with Gasteiger partial charge < -0.3 is 11.1 Å². The molecule has 20 heavy (non-hydrogen) atoms. The number of hydrogen-bond acceptors (Lipinski definition) is 5. The maximum absolute atomic E-state index is 11.9. The summed E-state index contributed by atoms with van der Waals surface area (Å²) in [5.41, 5.74) is 5.62. The van der Waals surface area contributed by atoms with Crippen LogP contribution in [0.4, 0.5) is 5.82 Å². The van der Waals surface area contributed by atoms with Gasteiger partial charge in [-0.2, -0.15) is 0 Å². The molecule has 6 nitrogen and oxygen atoms in total. The molecule has 114 valence electrons. The van der Waals surface area contributed by atoms with Crippen LogP contribution < -0.4 is 11.1 Å². The highest BCUT2D eigenvalue weighted by atomic mass is 32.2. The van der Waals surface area contributed by atoms with Crippen molar-refractivity contribution in [3.63, 3.8) is 0 Å². The highest BCUT2D eigenvalue weighted by Gasteiger charge is 2.24. The smallest absolute Gasteiger partial charge is 0.244 e. The molecule has 0 fully saturated rings. The monoisotopic (exact) mass is 300 g/mol. The second-order valence-electron chi connectivity index (χ2n) is 4.98. The summed E-state index contributed by atoms with van der Waals surface area (Å²) in [7, 11) is -0.445. The second-order valence-corrected chi connectivity index (χ2v) is 7.13. The van der Waals surface area contributed by atoms with E-state index in [4.69, 9.17) is 5.73 Å². The van der Waals surface area contributed by atoms with Gasteiger partial charge in [0.1, 0.15) is 10.7 Å². The van der Waals surface area contributed by atoms with Gasteiger partial charge >= 0.3 is 0 Å². The molecule has 1 rings (SSSR count). The third kappa shape index (κ3) is 3.47. The predicted octanol–water partition coefficient (Wildman–Crippen LogP) is 1.26. The van der Waals surface area contributed by atoms with Crippen molar-refractivity contribution in [3.05, 3.63) is 18.3 Å². The maximum atomic E-state index is 11.9. The number of aromatic nitrogens is 1. The normalized spacial score (nSPS) is 12.7. The average Bonchev–Trinajstić information content (AvgIpc) is 2.45. The van der Waals surface area contributed by atoms with Gasteiger partial charge in [0.15, 0.2) is 0 Å². The molecule has 0 spiro atoms. The summed E-state index contributed by atoms with van der Waals surface area (Å²) in [4.78, 5) is 4.36. The van der Waals surface area contributed by atoms with E-state index in [1.165, 1.54) is 24.6 Å². The van der Waals surface area contributed by atoms with E-state index in [1.54, 1.807) is 12.1 Å². The fourth-order valence-corrected chi connectivity index (χ4v) is 2.70. The Morgan fingerprint density at radius 3 is 2.25 bits per heavy atom. The van der Waals surface area contributed by atoms with E-state index in [0.29, 0.717) is 12.4 Å². The number of sulfonamides is 1. The third-order valence-electron chi connectivity index (χ3n) is 3.65. The standard InChI is InChI=1S/C13H24N4O2S/c1-5-13(6-2,10-14)16-12-8-7-11(9-15-12)20(18,19)17(3)4/h7-9H,5-6,10,14H2,1-4H3,(H,15,16). The van der Waals surface area contributed by atoms with E-state index in [2.05, 4.69) is 24.1 Å². The first-order valence-electron chi connectivity index (χ1n) is 6.68. The summed E-state index contributed by atoms with van der Waals surface area (Å²) in [5.74, 6) is 0.636. The Morgan fingerprint density at radius 2 is 1.90 bits per heavy atom. The Kier molecular flexibility index (Phi) is 5.50. The van der Waals surface area contributed by atoms with Gasteiger partial charge in [-0.1, -0.05) is 13.8 Å². The van der Waals surface area contributed by atoms with E-state index in [9.17, 15) is 8.42 Å². The molecule has 1 aromatic rings. The van der Waals surface area contributed by atoms with Gasteiger partial charge in [-0.25, -0.2) is 17.7 Å². The van der Waals surface area contributed by atoms with E-state index in [-0.39, 0.29) is 10.4 Å². The zero-order chi connectivity index (χ0) is 15.4. The van der Waals surface area contributed by atoms with Crippen LogP contribution in [0.5, 0.6) is 0 Å². The Bertz CT molecular complexity index is 514. The lowest BCUT2D eigenvalue weighted by molar-refractivity contribution is 0.443. The summed E-state index contributed by atoms with van der Waals surface area (Å²) >= 11 is 0. The molecule has 0 aliphatic carbocycles. The number of anilines is 1. The largest absolute Gasteiger partial charge is 0.363 e. The minimum atomic E-state index is -3.44. The minimum Gasteiger partial charge on any atom is -0.363 e. The first-order chi connectivity index (χ1) is 9.31. The van der Waals surface area contributed by atoms with Crippen LogP contribution in [0.3, 0.4) is 0 Å². The van der Waals surface area contributed by atoms with Crippen LogP contribution in [-0.4, -0.2) is 43.9 Å². The lowest BCUT2D eigenvalue weighted by Crippen LogP contribution is -2.44. The minimum absolute atomic E-state index is 0.180. The number of nitrogens with two attached hydrogens (primary N) is 1. The zero-order valence-electron chi connectivity index (χ0n) is 12.5. The number of rotatable bonds is 7. The topological polar surface area (TPSA) is 88.3 Å². The third-order valence-corrected chi connectivity index (χ3v) is 5.45. The van der Waals surface area contributed by atoms with Gasteiger partial charge in [0, 0.05) is 26.8 Å². The number of hydrogen-bond donors (Lipinski definition) is 2. The number of nitrogens with zero attached hydrogens (tertiary/aromatic N) is 2. The Balaban J connectivity index is 2.98. The molecular formula is C13H24N4O2S. The van der Waals surface area contributed by atoms with Crippen molar-refractivity contribution in [1.82, 2.24) is 9.29 Å². The van der Waals surface area contributed by atoms with E-state index in [1.807, 2.05) is 0 Å². The van der Waals surface area contributed by atoms with E-state index >= 15 is 0 Å². The Hall–Kier alpha value is -1.18. The van der Waals surface area contributed by atoms with Crippen molar-refractivity contribution in [2.45, 2.75) is 37.1 Å². The fraction of sp³-hybridized carbons (Fsp3) is 0.615. The average molecular weight is 300 g/mol. The molecule has 0 bridgehead atoms. The molecule has 0 saturated carbocycles. The van der Waals surface area contributed by atoms with Gasteiger partial charge in [0.25, 0.3) is 0 Å². The van der Waals surface area contributed by atoms with Crippen LogP contribution in [0, 0.1) is 0 Å². The van der Waals surface area contributed by atoms with E-state index in [0.717, 1.165) is 12.8 Å². The molecule has 0 unspecified atom stereocenters. The molecule has 0 atom stereocenters. The summed E-state index contributed by atoms with van der Waals surface area (Å²) in [6.45, 7) is 4.63. The van der Waals surface area contributed by atoms with Gasteiger partial charge in [-0.05, 0) is 25.0 Å². The van der Waals surface area contributed by atoms with E-state index < -0.39 is 10.0 Å². The molecule has 0 saturated heterocycles. The molecule has 3 N–H and O–H groups in total. The summed E-state index contributed by atoms with van der Waals surface area (Å²) in [6.07, 6.45) is 3.11. The molecule has 0 amide bonds. The van der Waals surface area contributed by atoms with Crippen molar-refractivity contribution < 1.29 is 8.42 Å². The first kappa shape index (κ1) is 16.9. The maximum Gasteiger partial charge on any atom is 0.244 e. The molecule has 0 aliphatic heterocycles. The molecular weight excluding hydrogens is 276 g/mol. The highest BCUT2D eigenvalue weighted by molar-refractivity contribution is 7.89. The molecule has 1 heterocycles. The highest BCUT2D eigenvalue weighted by Crippen LogP contribution is 2.21. The van der Waals surface area contributed by atoms with Crippen molar-refractivity contribution in [1.29, 1.82) is 0 Å². The molecule has 0 aliphatic rings. The molecule has 0 aromatic carbocycles.